The summed E-state index contributed by atoms with van der Waals surface area (Å²) < 4.78 is 1.13. The van der Waals surface area contributed by atoms with E-state index in [1.807, 2.05) is 31.2 Å². The van der Waals surface area contributed by atoms with Gasteiger partial charge in [-0.15, -0.1) is 11.3 Å². The number of para-hydroxylation sites is 1. The van der Waals surface area contributed by atoms with Gasteiger partial charge in [0, 0.05) is 6.20 Å². The summed E-state index contributed by atoms with van der Waals surface area (Å²) >= 11 is 13.4. The second-order valence-electron chi connectivity index (χ2n) is 4.28. The molecule has 0 atom stereocenters. The summed E-state index contributed by atoms with van der Waals surface area (Å²) in [7, 11) is 0. The molecule has 4 nitrogen and oxygen atoms in total. The van der Waals surface area contributed by atoms with E-state index in [-0.39, 0.29) is 0 Å². The average molecular weight is 337 g/mol. The maximum Gasteiger partial charge on any atom is 0.165 e. The van der Waals surface area contributed by atoms with E-state index >= 15 is 0 Å². The van der Waals surface area contributed by atoms with E-state index in [0.29, 0.717) is 15.9 Å². The Balaban J connectivity index is 1.85. The van der Waals surface area contributed by atoms with Crippen LogP contribution < -0.4 is 5.43 Å². The van der Waals surface area contributed by atoms with Gasteiger partial charge >= 0.3 is 0 Å². The first-order valence-electron chi connectivity index (χ1n) is 6.11. The number of nitrogens with one attached hydrogen (secondary N) is 1. The lowest BCUT2D eigenvalue weighted by Crippen LogP contribution is -2.00. The van der Waals surface area contributed by atoms with Crippen molar-refractivity contribution in [3.8, 4) is 0 Å². The molecule has 21 heavy (non-hydrogen) atoms. The van der Waals surface area contributed by atoms with E-state index in [1.54, 1.807) is 17.4 Å². The molecule has 7 heteroatoms. The number of thiazole rings is 1. The van der Waals surface area contributed by atoms with Crippen LogP contribution >= 0.6 is 34.5 Å². The third-order valence-electron chi connectivity index (χ3n) is 2.74. The maximum absolute atomic E-state index is 6.03. The fraction of sp³-hybridized carbons (Fsp3) is 0.0714. The Morgan fingerprint density at radius 3 is 2.86 bits per heavy atom. The molecule has 106 valence electrons. The zero-order valence-electron chi connectivity index (χ0n) is 11.0. The molecule has 0 fully saturated rings. The molecule has 0 radical (unpaired) electrons. The monoisotopic (exact) mass is 336 g/mol. The minimum absolute atomic E-state index is 0.420. The largest absolute Gasteiger partial charge is 0.260 e. The summed E-state index contributed by atoms with van der Waals surface area (Å²) in [5.74, 6) is 0.460. The highest BCUT2D eigenvalue weighted by Gasteiger charge is 2.07. The van der Waals surface area contributed by atoms with E-state index in [4.69, 9.17) is 23.2 Å². The highest BCUT2D eigenvalue weighted by atomic mass is 35.5. The van der Waals surface area contributed by atoms with E-state index in [1.165, 1.54) is 6.20 Å². The fourth-order valence-corrected chi connectivity index (χ4v) is 3.04. The van der Waals surface area contributed by atoms with Crippen LogP contribution in [0.15, 0.2) is 41.6 Å². The quantitative estimate of drug-likeness (QED) is 0.550. The molecule has 3 rings (SSSR count). The Bertz CT molecular complexity index is 796. The lowest BCUT2D eigenvalue weighted by Gasteiger charge is -2.03. The lowest BCUT2D eigenvalue weighted by molar-refractivity contribution is 1.22. The summed E-state index contributed by atoms with van der Waals surface area (Å²) in [5, 5.41) is 6.03. The van der Waals surface area contributed by atoms with Gasteiger partial charge in [0.1, 0.15) is 5.01 Å². The third kappa shape index (κ3) is 3.15. The van der Waals surface area contributed by atoms with Gasteiger partial charge in [-0.05, 0) is 25.1 Å². The van der Waals surface area contributed by atoms with Gasteiger partial charge in [-0.2, -0.15) is 5.10 Å². The van der Waals surface area contributed by atoms with Crippen molar-refractivity contribution in [3.05, 3.63) is 51.6 Å². The average Bonchev–Trinajstić information content (AvgIpc) is 2.90. The number of pyridine rings is 1. The van der Waals surface area contributed by atoms with Crippen LogP contribution in [0, 0.1) is 0 Å². The lowest BCUT2D eigenvalue weighted by atomic mass is 10.3. The Labute approximate surface area is 135 Å². The van der Waals surface area contributed by atoms with Crippen LogP contribution in [0.3, 0.4) is 0 Å². The molecule has 1 N–H and O–H groups in total. The third-order valence-corrected chi connectivity index (χ3v) is 4.38. The van der Waals surface area contributed by atoms with Gasteiger partial charge in [-0.25, -0.2) is 9.97 Å². The van der Waals surface area contributed by atoms with Crippen LogP contribution in [0.5, 0.6) is 0 Å². The molecule has 0 amide bonds. The molecule has 2 aromatic heterocycles. The van der Waals surface area contributed by atoms with Gasteiger partial charge in [-0.1, -0.05) is 35.3 Å². The van der Waals surface area contributed by atoms with Gasteiger partial charge in [-0.3, -0.25) is 5.43 Å². The molecule has 0 unspecified atom stereocenters. The number of anilines is 1. The van der Waals surface area contributed by atoms with Gasteiger partial charge in [0.25, 0.3) is 0 Å². The van der Waals surface area contributed by atoms with E-state index in [2.05, 4.69) is 20.5 Å². The van der Waals surface area contributed by atoms with Crippen LogP contribution in [-0.2, 0) is 0 Å². The van der Waals surface area contributed by atoms with Crippen LogP contribution in [0.25, 0.3) is 10.2 Å². The molecule has 0 saturated carbocycles. The van der Waals surface area contributed by atoms with Crippen LogP contribution in [0.1, 0.15) is 11.9 Å². The van der Waals surface area contributed by atoms with Crippen LogP contribution in [-0.4, -0.2) is 15.7 Å². The van der Waals surface area contributed by atoms with Gasteiger partial charge in [0.2, 0.25) is 0 Å². The second kappa shape index (κ2) is 5.97. The molecule has 3 aromatic rings. The van der Waals surface area contributed by atoms with Crippen molar-refractivity contribution in [2.75, 3.05) is 5.43 Å². The minimum Gasteiger partial charge on any atom is -0.260 e. The molecular formula is C14H10Cl2N4S. The van der Waals surface area contributed by atoms with Gasteiger partial charge < -0.3 is 0 Å². The molecule has 0 aliphatic carbocycles. The normalized spacial score (nSPS) is 11.9. The van der Waals surface area contributed by atoms with Crippen molar-refractivity contribution in [3.63, 3.8) is 0 Å². The van der Waals surface area contributed by atoms with Crippen LogP contribution in [0.4, 0.5) is 5.82 Å². The predicted molar refractivity (Wildman–Crippen MR) is 89.7 cm³/mol. The smallest absolute Gasteiger partial charge is 0.165 e. The Morgan fingerprint density at radius 2 is 2.10 bits per heavy atom. The van der Waals surface area contributed by atoms with Crippen LogP contribution in [0.2, 0.25) is 10.0 Å². The van der Waals surface area contributed by atoms with E-state index in [0.717, 1.165) is 20.9 Å². The molecule has 0 bridgehead atoms. The number of halogens is 2. The molecule has 0 saturated heterocycles. The first-order chi connectivity index (χ1) is 10.1. The van der Waals surface area contributed by atoms with Gasteiger partial charge in [0.05, 0.1) is 26.0 Å². The van der Waals surface area contributed by atoms with E-state index < -0.39 is 0 Å². The Hall–Kier alpha value is -1.69. The summed E-state index contributed by atoms with van der Waals surface area (Å²) in [5.41, 5.74) is 4.57. The molecule has 0 spiro atoms. The number of hydrogen-bond donors (Lipinski definition) is 1. The van der Waals surface area contributed by atoms with Crippen molar-refractivity contribution < 1.29 is 0 Å². The van der Waals surface area contributed by atoms with Crippen molar-refractivity contribution in [2.45, 2.75) is 6.92 Å². The van der Waals surface area contributed by atoms with Crippen molar-refractivity contribution in [2.24, 2.45) is 5.10 Å². The Kier molecular flexibility index (Phi) is 4.05. The first kappa shape index (κ1) is 14.3. The van der Waals surface area contributed by atoms with Gasteiger partial charge in [0.15, 0.2) is 5.82 Å². The number of rotatable bonds is 3. The maximum atomic E-state index is 6.03. The topological polar surface area (TPSA) is 50.2 Å². The molecule has 0 aliphatic rings. The first-order valence-corrected chi connectivity index (χ1v) is 7.68. The number of benzene rings is 1. The fourth-order valence-electron chi connectivity index (χ4n) is 1.71. The SMILES string of the molecule is C/C(=N/Nc1ncc(Cl)cc1Cl)c1nc2ccccc2s1. The summed E-state index contributed by atoms with van der Waals surface area (Å²) in [6.45, 7) is 1.88. The molecule has 2 heterocycles. The molecule has 1 aromatic carbocycles. The van der Waals surface area contributed by atoms with Crippen molar-refractivity contribution in [1.29, 1.82) is 0 Å². The van der Waals surface area contributed by atoms with E-state index in [9.17, 15) is 0 Å². The second-order valence-corrected chi connectivity index (χ2v) is 6.15. The molecular weight excluding hydrogens is 327 g/mol. The van der Waals surface area contributed by atoms with Crippen molar-refractivity contribution >= 4 is 56.3 Å². The number of aromatic nitrogens is 2. The summed E-state index contributed by atoms with van der Waals surface area (Å²) in [6, 6.07) is 9.59. The highest BCUT2D eigenvalue weighted by molar-refractivity contribution is 7.20. The highest BCUT2D eigenvalue weighted by Crippen LogP contribution is 2.24. The summed E-state index contributed by atoms with van der Waals surface area (Å²) in [6.07, 6.45) is 1.51. The zero-order valence-corrected chi connectivity index (χ0v) is 13.3. The predicted octanol–water partition coefficient (Wildman–Crippen LogP) is 4.83. The summed E-state index contributed by atoms with van der Waals surface area (Å²) in [4.78, 5) is 8.62. The zero-order chi connectivity index (χ0) is 14.8. The molecule has 0 aliphatic heterocycles. The number of nitrogens with zero attached hydrogens (tertiary/aromatic N) is 3. The number of hydrogen-bond acceptors (Lipinski definition) is 5. The minimum atomic E-state index is 0.420. The Morgan fingerprint density at radius 1 is 1.29 bits per heavy atom. The van der Waals surface area contributed by atoms with Crippen molar-refractivity contribution in [1.82, 2.24) is 9.97 Å². The number of fused-ring (bicyclic) bond motifs is 1. The standard InChI is InChI=1S/C14H10Cl2N4S/c1-8(14-18-11-4-2-3-5-12(11)21-14)19-20-13-10(16)6-9(15)7-17-13/h2-7H,1H3,(H,17,20)/b19-8-. The number of hydrazone groups is 1.